The van der Waals surface area contributed by atoms with Crippen molar-refractivity contribution in [3.05, 3.63) is 30.5 Å². The molecule has 0 bridgehead atoms. The Balaban J connectivity index is 1.10. The molecule has 5 rings (SSSR count). The lowest BCUT2D eigenvalue weighted by atomic mass is 9.85. The summed E-state index contributed by atoms with van der Waals surface area (Å²) in [6.45, 7) is 5.10. The molecule has 0 radical (unpaired) electrons. The number of benzene rings is 1. The van der Waals surface area contributed by atoms with Crippen molar-refractivity contribution in [1.82, 2.24) is 20.2 Å². The van der Waals surface area contributed by atoms with E-state index in [1.165, 1.54) is 58.0 Å². The summed E-state index contributed by atoms with van der Waals surface area (Å²) < 4.78 is 11.6. The van der Waals surface area contributed by atoms with Crippen molar-refractivity contribution in [2.24, 2.45) is 5.92 Å². The van der Waals surface area contributed by atoms with Crippen molar-refractivity contribution in [3.8, 4) is 11.5 Å². The van der Waals surface area contributed by atoms with Crippen LogP contribution in [0.3, 0.4) is 0 Å². The largest absolute Gasteiger partial charge is 0.493 e. The van der Waals surface area contributed by atoms with Gasteiger partial charge in [0.05, 0.1) is 13.7 Å². The average Bonchev–Trinajstić information content (AvgIpc) is 3.57. The molecular weight excluding hydrogens is 452 g/mol. The van der Waals surface area contributed by atoms with Crippen molar-refractivity contribution in [2.45, 2.75) is 69.9 Å². The Labute approximate surface area is 215 Å². The molecule has 0 spiro atoms. The molecule has 1 aromatic heterocycles. The van der Waals surface area contributed by atoms with E-state index in [0.29, 0.717) is 18.6 Å². The molecule has 2 saturated heterocycles. The van der Waals surface area contributed by atoms with Crippen LogP contribution in [0.4, 0.5) is 17.5 Å². The Morgan fingerprint density at radius 1 is 1.08 bits per heavy atom. The minimum Gasteiger partial charge on any atom is -0.493 e. The number of rotatable bonds is 12. The van der Waals surface area contributed by atoms with Crippen LogP contribution in [-0.4, -0.2) is 66.8 Å². The van der Waals surface area contributed by atoms with Crippen LogP contribution in [0.5, 0.6) is 11.5 Å². The first-order valence-corrected chi connectivity index (χ1v) is 13.9. The van der Waals surface area contributed by atoms with Crippen LogP contribution in [0.25, 0.3) is 0 Å². The van der Waals surface area contributed by atoms with E-state index in [4.69, 9.17) is 9.47 Å². The predicted octanol–water partition coefficient (Wildman–Crippen LogP) is 4.82. The number of nitrogens with zero attached hydrogens (tertiary/aromatic N) is 3. The molecule has 1 aliphatic carbocycles. The molecule has 3 fully saturated rings. The molecule has 2 aliphatic heterocycles. The number of anilines is 3. The molecule has 3 N–H and O–H groups in total. The third kappa shape index (κ3) is 6.79. The van der Waals surface area contributed by atoms with E-state index < -0.39 is 0 Å². The van der Waals surface area contributed by atoms with Gasteiger partial charge in [0.1, 0.15) is 5.82 Å². The second-order valence-electron chi connectivity index (χ2n) is 10.5. The van der Waals surface area contributed by atoms with Gasteiger partial charge >= 0.3 is 0 Å². The Morgan fingerprint density at radius 2 is 1.97 bits per heavy atom. The fourth-order valence-corrected chi connectivity index (χ4v) is 6.01. The number of nitrogens with one attached hydrogen (secondary N) is 3. The van der Waals surface area contributed by atoms with Crippen LogP contribution in [0.2, 0.25) is 0 Å². The molecule has 36 heavy (non-hydrogen) atoms. The molecule has 0 amide bonds. The van der Waals surface area contributed by atoms with Crippen LogP contribution >= 0.6 is 0 Å². The zero-order chi connectivity index (χ0) is 24.6. The van der Waals surface area contributed by atoms with Crippen LogP contribution in [0.15, 0.2) is 30.5 Å². The highest BCUT2D eigenvalue weighted by Crippen LogP contribution is 2.34. The Bertz CT molecular complexity index is 953. The zero-order valence-corrected chi connectivity index (χ0v) is 21.7. The molecular formula is C28H42N6O2. The van der Waals surface area contributed by atoms with Gasteiger partial charge in [0, 0.05) is 43.1 Å². The van der Waals surface area contributed by atoms with Crippen molar-refractivity contribution in [2.75, 3.05) is 50.5 Å². The Kier molecular flexibility index (Phi) is 8.77. The number of aromatic nitrogens is 2. The summed E-state index contributed by atoms with van der Waals surface area (Å²) >= 11 is 0. The van der Waals surface area contributed by atoms with Crippen molar-refractivity contribution < 1.29 is 9.47 Å². The summed E-state index contributed by atoms with van der Waals surface area (Å²) in [5, 5.41) is 10.7. The summed E-state index contributed by atoms with van der Waals surface area (Å²) in [7, 11) is 1.67. The van der Waals surface area contributed by atoms with Crippen LogP contribution in [0.1, 0.15) is 57.8 Å². The summed E-state index contributed by atoms with van der Waals surface area (Å²) in [6.07, 6.45) is 13.4. The van der Waals surface area contributed by atoms with E-state index in [-0.39, 0.29) is 0 Å². The molecule has 3 heterocycles. The molecule has 1 saturated carbocycles. The molecule has 2 aromatic rings. The van der Waals surface area contributed by atoms with Gasteiger partial charge in [0.15, 0.2) is 11.5 Å². The van der Waals surface area contributed by atoms with Gasteiger partial charge in [0.25, 0.3) is 0 Å². The minimum absolute atomic E-state index is 0.565. The first kappa shape index (κ1) is 25.1. The molecule has 196 valence electrons. The van der Waals surface area contributed by atoms with Gasteiger partial charge in [-0.1, -0.05) is 12.8 Å². The SMILES string of the molecule is COc1ccc(Nc2nccc(NCCC3CC4CCCCC4N3)n2)cc1OCCCN1CCCC1. The number of fused-ring (bicyclic) bond motifs is 1. The van der Waals surface area contributed by atoms with E-state index in [1.807, 2.05) is 24.3 Å². The average molecular weight is 495 g/mol. The zero-order valence-electron chi connectivity index (χ0n) is 21.7. The van der Waals surface area contributed by atoms with E-state index >= 15 is 0 Å². The molecule has 1 aromatic carbocycles. The topological polar surface area (TPSA) is 83.6 Å². The summed E-state index contributed by atoms with van der Waals surface area (Å²) in [5.41, 5.74) is 0.875. The molecule has 3 aliphatic rings. The first-order chi connectivity index (χ1) is 17.8. The third-order valence-corrected chi connectivity index (χ3v) is 7.90. The number of likely N-dealkylation sites (tertiary alicyclic amines) is 1. The van der Waals surface area contributed by atoms with Crippen LogP contribution in [-0.2, 0) is 0 Å². The van der Waals surface area contributed by atoms with Gasteiger partial charge in [-0.05, 0) is 82.2 Å². The fourth-order valence-electron chi connectivity index (χ4n) is 6.01. The van der Waals surface area contributed by atoms with Gasteiger partial charge in [-0.25, -0.2) is 4.98 Å². The van der Waals surface area contributed by atoms with Crippen LogP contribution in [0, 0.1) is 5.92 Å². The quantitative estimate of drug-likeness (QED) is 0.363. The molecule has 8 nitrogen and oxygen atoms in total. The normalized spacial score (nSPS) is 23.9. The van der Waals surface area contributed by atoms with Gasteiger partial charge in [-0.3, -0.25) is 0 Å². The predicted molar refractivity (Wildman–Crippen MR) is 144 cm³/mol. The second-order valence-corrected chi connectivity index (χ2v) is 10.5. The van der Waals surface area contributed by atoms with Crippen molar-refractivity contribution in [1.29, 1.82) is 0 Å². The van der Waals surface area contributed by atoms with Crippen molar-refractivity contribution >= 4 is 17.5 Å². The second kappa shape index (κ2) is 12.6. The molecule has 3 unspecified atom stereocenters. The number of hydrogen-bond acceptors (Lipinski definition) is 8. The lowest BCUT2D eigenvalue weighted by Gasteiger charge is -2.24. The summed E-state index contributed by atoms with van der Waals surface area (Å²) in [5.74, 6) is 3.77. The monoisotopic (exact) mass is 494 g/mol. The van der Waals surface area contributed by atoms with Crippen molar-refractivity contribution in [3.63, 3.8) is 0 Å². The maximum atomic E-state index is 6.08. The lowest BCUT2D eigenvalue weighted by molar-refractivity contribution is 0.254. The maximum absolute atomic E-state index is 6.08. The number of hydrogen-bond donors (Lipinski definition) is 3. The van der Waals surface area contributed by atoms with E-state index in [1.54, 1.807) is 13.3 Å². The minimum atomic E-state index is 0.565. The van der Waals surface area contributed by atoms with E-state index in [2.05, 4.69) is 30.8 Å². The maximum Gasteiger partial charge on any atom is 0.229 e. The first-order valence-electron chi connectivity index (χ1n) is 13.9. The Hall–Kier alpha value is -2.58. The third-order valence-electron chi connectivity index (χ3n) is 7.90. The highest BCUT2D eigenvalue weighted by atomic mass is 16.5. The lowest BCUT2D eigenvalue weighted by Crippen LogP contribution is -2.33. The van der Waals surface area contributed by atoms with Gasteiger partial charge in [-0.15, -0.1) is 0 Å². The van der Waals surface area contributed by atoms with Gasteiger partial charge < -0.3 is 30.3 Å². The standard InChI is InChI=1S/C28H42N6O2/c1-35-25-10-9-22(20-26(25)36-18-6-17-34-15-4-5-16-34)32-28-30-14-12-27(33-28)29-13-11-23-19-21-7-2-3-8-24(21)31-23/h9-10,12,14,20-21,23-24,31H,2-8,11,13,15-19H2,1H3,(H2,29,30,32,33). The van der Waals surface area contributed by atoms with Gasteiger partial charge in [-0.2, -0.15) is 4.98 Å². The number of ether oxygens (including phenoxy) is 2. The summed E-state index contributed by atoms with van der Waals surface area (Å²) in [4.78, 5) is 11.6. The van der Waals surface area contributed by atoms with Gasteiger partial charge in [0.2, 0.25) is 5.95 Å². The summed E-state index contributed by atoms with van der Waals surface area (Å²) in [6, 6.07) is 9.15. The number of methoxy groups -OCH3 is 1. The molecule has 8 heteroatoms. The van der Waals surface area contributed by atoms with E-state index in [9.17, 15) is 0 Å². The highest BCUT2D eigenvalue weighted by molar-refractivity contribution is 5.60. The van der Waals surface area contributed by atoms with Crippen LogP contribution < -0.4 is 25.4 Å². The Morgan fingerprint density at radius 3 is 2.83 bits per heavy atom. The molecule has 3 atom stereocenters. The van der Waals surface area contributed by atoms with E-state index in [0.717, 1.165) is 60.9 Å². The highest BCUT2D eigenvalue weighted by Gasteiger charge is 2.34. The fraction of sp³-hybridized carbons (Fsp3) is 0.643. The smallest absolute Gasteiger partial charge is 0.229 e.